The molecule has 0 amide bonds. The number of benzene rings is 2. The van der Waals surface area contributed by atoms with Crippen molar-refractivity contribution in [2.75, 3.05) is 12.9 Å². The minimum absolute atomic E-state index is 0.696. The first-order valence-electron chi connectivity index (χ1n) is 8.04. The molecule has 1 aliphatic heterocycles. The normalized spacial score (nSPS) is 13.3. The van der Waals surface area contributed by atoms with Crippen LogP contribution in [0.25, 0.3) is 11.4 Å². The van der Waals surface area contributed by atoms with Crippen molar-refractivity contribution < 1.29 is 4.74 Å². The summed E-state index contributed by atoms with van der Waals surface area (Å²) in [7, 11) is 1.66. The van der Waals surface area contributed by atoms with Gasteiger partial charge in [-0.1, -0.05) is 47.7 Å². The molecule has 4 rings (SSSR count). The molecule has 0 spiro atoms. The number of aromatic nitrogens is 3. The Morgan fingerprint density at radius 2 is 1.88 bits per heavy atom. The van der Waals surface area contributed by atoms with E-state index in [-0.39, 0.29) is 0 Å². The van der Waals surface area contributed by atoms with Gasteiger partial charge in [0.2, 0.25) is 5.16 Å². The number of fused-ring (bicyclic) bond motifs is 1. The van der Waals surface area contributed by atoms with Gasteiger partial charge in [0.1, 0.15) is 5.75 Å². The Morgan fingerprint density at radius 1 is 1.04 bits per heavy atom. The van der Waals surface area contributed by atoms with Gasteiger partial charge >= 0.3 is 0 Å². The third-order valence-corrected chi connectivity index (χ3v) is 5.14. The molecule has 0 unspecified atom stereocenters. The number of ether oxygens (including phenoxy) is 1. The van der Waals surface area contributed by atoms with Crippen LogP contribution in [0.3, 0.4) is 0 Å². The predicted octanol–water partition coefficient (Wildman–Crippen LogP) is 3.93. The van der Waals surface area contributed by atoms with Crippen LogP contribution in [0.1, 0.15) is 16.7 Å². The van der Waals surface area contributed by atoms with Crippen molar-refractivity contribution in [3.8, 4) is 17.1 Å². The Morgan fingerprint density at radius 3 is 2.68 bits per heavy atom. The van der Waals surface area contributed by atoms with Gasteiger partial charge in [-0.25, -0.2) is 0 Å². The molecular weight excluding hydrogens is 332 g/mol. The molecule has 0 bridgehead atoms. The molecule has 2 aromatic carbocycles. The van der Waals surface area contributed by atoms with E-state index in [1.807, 2.05) is 28.9 Å². The smallest absolute Gasteiger partial charge is 0.212 e. The quantitative estimate of drug-likeness (QED) is 0.718. The van der Waals surface area contributed by atoms with Crippen molar-refractivity contribution in [2.45, 2.75) is 19.0 Å². The van der Waals surface area contributed by atoms with Gasteiger partial charge in [0.25, 0.3) is 0 Å². The third-order valence-electron chi connectivity index (χ3n) is 4.21. The second kappa shape index (κ2) is 6.37. The Labute approximate surface area is 150 Å². The number of aryl methyl sites for hydroxylation is 2. The number of hydrogen-bond acceptors (Lipinski definition) is 5. The second-order valence-corrected chi connectivity index (χ2v) is 6.91. The maximum absolute atomic E-state index is 5.47. The first-order valence-corrected chi connectivity index (χ1v) is 9.03. The highest BCUT2D eigenvalue weighted by Gasteiger charge is 2.22. The van der Waals surface area contributed by atoms with E-state index in [1.54, 1.807) is 18.9 Å². The molecule has 1 aliphatic rings. The largest absolute Gasteiger partial charge is 0.496 e. The number of rotatable bonds is 3. The molecule has 0 saturated carbocycles. The van der Waals surface area contributed by atoms with Crippen LogP contribution in [0.2, 0.25) is 0 Å². The summed E-state index contributed by atoms with van der Waals surface area (Å²) in [6, 6.07) is 14.2. The maximum Gasteiger partial charge on any atom is 0.212 e. The lowest BCUT2D eigenvalue weighted by molar-refractivity contribution is 0.416. The molecule has 1 aromatic heterocycles. The molecule has 5 nitrogen and oxygen atoms in total. The Bertz CT molecular complexity index is 977. The fourth-order valence-corrected chi connectivity index (χ4v) is 3.82. The van der Waals surface area contributed by atoms with Crippen molar-refractivity contribution >= 4 is 17.5 Å². The van der Waals surface area contributed by atoms with Crippen molar-refractivity contribution in [2.24, 2.45) is 5.10 Å². The minimum Gasteiger partial charge on any atom is -0.496 e. The number of nitrogens with zero attached hydrogens (tertiary/aromatic N) is 4. The van der Waals surface area contributed by atoms with Gasteiger partial charge in [0, 0.05) is 11.3 Å². The summed E-state index contributed by atoms with van der Waals surface area (Å²) in [6.45, 7) is 4.23. The summed E-state index contributed by atoms with van der Waals surface area (Å²) in [5.41, 5.74) is 5.57. The summed E-state index contributed by atoms with van der Waals surface area (Å²) in [5, 5.41) is 14.3. The van der Waals surface area contributed by atoms with E-state index in [1.165, 1.54) is 16.7 Å². The molecule has 2 heterocycles. The molecule has 0 fully saturated rings. The number of thioether (sulfide) groups is 1. The predicted molar refractivity (Wildman–Crippen MR) is 101 cm³/mol. The molecule has 0 saturated heterocycles. The number of para-hydroxylation sites is 1. The van der Waals surface area contributed by atoms with Crippen LogP contribution >= 0.6 is 11.8 Å². The van der Waals surface area contributed by atoms with Crippen LogP contribution in [0.4, 0.5) is 0 Å². The standard InChI is InChI=1S/C19H18N4OS/c1-12-8-9-14(13(2)10-12)16-11-25-19-21-20-18(23(19)22-16)15-6-4-5-7-17(15)24-3/h4-10H,11H2,1-3H3. The SMILES string of the molecule is COc1ccccc1-c1nnc2n1N=C(c1ccc(C)cc1C)CS2. The van der Waals surface area contributed by atoms with Gasteiger partial charge < -0.3 is 4.74 Å². The van der Waals surface area contributed by atoms with Crippen molar-refractivity contribution in [3.63, 3.8) is 0 Å². The van der Waals surface area contributed by atoms with Crippen molar-refractivity contribution in [1.29, 1.82) is 0 Å². The van der Waals surface area contributed by atoms with Crippen molar-refractivity contribution in [1.82, 2.24) is 14.9 Å². The first-order chi connectivity index (χ1) is 12.2. The molecule has 126 valence electrons. The molecule has 6 heteroatoms. The maximum atomic E-state index is 5.47. The molecule has 3 aromatic rings. The zero-order valence-corrected chi connectivity index (χ0v) is 15.2. The summed E-state index contributed by atoms with van der Waals surface area (Å²) in [5.74, 6) is 2.24. The Kier molecular flexibility index (Phi) is 4.05. The minimum atomic E-state index is 0.696. The summed E-state index contributed by atoms with van der Waals surface area (Å²) < 4.78 is 7.29. The first kappa shape index (κ1) is 15.9. The topological polar surface area (TPSA) is 52.3 Å². The molecular formula is C19H18N4OS. The van der Waals surface area contributed by atoms with E-state index in [0.29, 0.717) is 5.82 Å². The number of methoxy groups -OCH3 is 1. The molecule has 0 aliphatic carbocycles. The van der Waals surface area contributed by atoms with Crippen molar-refractivity contribution in [3.05, 3.63) is 59.2 Å². The summed E-state index contributed by atoms with van der Waals surface area (Å²) in [4.78, 5) is 0. The lowest BCUT2D eigenvalue weighted by Gasteiger charge is -2.16. The summed E-state index contributed by atoms with van der Waals surface area (Å²) >= 11 is 1.65. The Hall–Kier alpha value is -2.60. The highest BCUT2D eigenvalue weighted by atomic mass is 32.2. The highest BCUT2D eigenvalue weighted by molar-refractivity contribution is 7.99. The fourth-order valence-electron chi connectivity index (χ4n) is 2.99. The van der Waals surface area contributed by atoms with Gasteiger partial charge in [-0.15, -0.1) is 10.2 Å². The zero-order valence-electron chi connectivity index (χ0n) is 14.4. The van der Waals surface area contributed by atoms with Crippen LogP contribution in [0.15, 0.2) is 52.7 Å². The lowest BCUT2D eigenvalue weighted by atomic mass is 10.0. The van der Waals surface area contributed by atoms with E-state index in [0.717, 1.165) is 27.9 Å². The van der Waals surface area contributed by atoms with Crippen LogP contribution in [-0.4, -0.2) is 33.4 Å². The Balaban J connectivity index is 1.83. The van der Waals surface area contributed by atoms with Gasteiger partial charge in [-0.3, -0.25) is 0 Å². The monoisotopic (exact) mass is 350 g/mol. The van der Waals surface area contributed by atoms with Gasteiger partial charge in [-0.05, 0) is 31.5 Å². The average Bonchev–Trinajstić information content (AvgIpc) is 3.04. The second-order valence-electron chi connectivity index (χ2n) is 5.97. The molecule has 25 heavy (non-hydrogen) atoms. The highest BCUT2D eigenvalue weighted by Crippen LogP contribution is 2.33. The zero-order chi connectivity index (χ0) is 17.4. The third kappa shape index (κ3) is 2.82. The van der Waals surface area contributed by atoms with Gasteiger partial charge in [0.15, 0.2) is 5.82 Å². The average molecular weight is 350 g/mol. The fraction of sp³-hybridized carbons (Fsp3) is 0.211. The summed E-state index contributed by atoms with van der Waals surface area (Å²) in [6.07, 6.45) is 0. The van der Waals surface area contributed by atoms with Crippen LogP contribution < -0.4 is 4.74 Å². The van der Waals surface area contributed by atoms with Crippen LogP contribution in [-0.2, 0) is 0 Å². The van der Waals surface area contributed by atoms with Crippen LogP contribution in [0.5, 0.6) is 5.75 Å². The molecule has 0 N–H and O–H groups in total. The van der Waals surface area contributed by atoms with E-state index in [2.05, 4.69) is 42.2 Å². The van der Waals surface area contributed by atoms with Gasteiger partial charge in [-0.2, -0.15) is 9.78 Å². The van der Waals surface area contributed by atoms with Crippen LogP contribution in [0, 0.1) is 13.8 Å². The number of hydrogen-bond donors (Lipinski definition) is 0. The lowest BCUT2D eigenvalue weighted by Crippen LogP contribution is -2.15. The van der Waals surface area contributed by atoms with E-state index < -0.39 is 0 Å². The molecule has 0 atom stereocenters. The van der Waals surface area contributed by atoms with E-state index >= 15 is 0 Å². The van der Waals surface area contributed by atoms with Gasteiger partial charge in [0.05, 0.1) is 18.4 Å². The van der Waals surface area contributed by atoms with E-state index in [9.17, 15) is 0 Å². The van der Waals surface area contributed by atoms with E-state index in [4.69, 9.17) is 9.84 Å². The molecule has 0 radical (unpaired) electrons.